The van der Waals surface area contributed by atoms with Crippen LogP contribution in [0.5, 0.6) is 5.75 Å². The molecule has 0 radical (unpaired) electrons. The summed E-state index contributed by atoms with van der Waals surface area (Å²) in [5, 5.41) is 13.3. The van der Waals surface area contributed by atoms with Gasteiger partial charge in [0.1, 0.15) is 11.6 Å². The van der Waals surface area contributed by atoms with Gasteiger partial charge in [-0.1, -0.05) is 43.0 Å². The standard InChI is InChI=1S/C22H19FN4O3S2/c1-2-14-3-5-15(6-4-14)18-12-31-21(24-18)25-19(28)13-32-22-27-26-20(30-22)11-29-17-9-7-16(23)8-10-17/h3-10,12H,2,11,13H2,1H3,(H,24,25,28). The Morgan fingerprint density at radius 1 is 1.16 bits per heavy atom. The number of carbonyl (C=O) groups is 1. The number of thiazole rings is 1. The topological polar surface area (TPSA) is 90.1 Å². The predicted octanol–water partition coefficient (Wildman–Crippen LogP) is 5.20. The number of benzene rings is 2. The van der Waals surface area contributed by atoms with Crippen LogP contribution < -0.4 is 10.1 Å². The molecule has 0 saturated heterocycles. The maximum Gasteiger partial charge on any atom is 0.277 e. The maximum absolute atomic E-state index is 12.9. The summed E-state index contributed by atoms with van der Waals surface area (Å²) in [5.41, 5.74) is 3.10. The average Bonchev–Trinajstić information content (AvgIpc) is 3.47. The maximum atomic E-state index is 12.9. The molecule has 0 spiro atoms. The van der Waals surface area contributed by atoms with E-state index in [0.29, 0.717) is 10.9 Å². The lowest BCUT2D eigenvalue weighted by Gasteiger charge is -2.02. The number of anilines is 1. The number of thioether (sulfide) groups is 1. The lowest BCUT2D eigenvalue weighted by atomic mass is 10.1. The molecule has 4 aromatic rings. The second-order valence-electron chi connectivity index (χ2n) is 6.63. The number of ether oxygens (including phenoxy) is 1. The first-order valence-corrected chi connectivity index (χ1v) is 11.6. The Kier molecular flexibility index (Phi) is 7.13. The summed E-state index contributed by atoms with van der Waals surface area (Å²) in [4.78, 5) is 16.7. The van der Waals surface area contributed by atoms with Crippen molar-refractivity contribution in [3.63, 3.8) is 0 Å². The third-order valence-corrected chi connectivity index (χ3v) is 5.94. The van der Waals surface area contributed by atoms with Crippen molar-refractivity contribution in [1.82, 2.24) is 15.2 Å². The van der Waals surface area contributed by atoms with Crippen LogP contribution in [0.25, 0.3) is 11.3 Å². The molecule has 2 aromatic heterocycles. The van der Waals surface area contributed by atoms with Crippen molar-refractivity contribution < 1.29 is 18.3 Å². The van der Waals surface area contributed by atoms with Crippen LogP contribution in [0.4, 0.5) is 9.52 Å². The average molecular weight is 471 g/mol. The van der Waals surface area contributed by atoms with Crippen molar-refractivity contribution in [3.05, 3.63) is 71.2 Å². The zero-order valence-electron chi connectivity index (χ0n) is 17.1. The minimum Gasteiger partial charge on any atom is -0.484 e. The van der Waals surface area contributed by atoms with Gasteiger partial charge in [0, 0.05) is 10.9 Å². The number of amides is 1. The summed E-state index contributed by atoms with van der Waals surface area (Å²) in [7, 11) is 0. The Morgan fingerprint density at radius 2 is 1.94 bits per heavy atom. The van der Waals surface area contributed by atoms with E-state index in [-0.39, 0.29) is 35.2 Å². The van der Waals surface area contributed by atoms with Gasteiger partial charge in [0.25, 0.3) is 11.1 Å². The van der Waals surface area contributed by atoms with Crippen molar-refractivity contribution in [2.45, 2.75) is 25.2 Å². The van der Waals surface area contributed by atoms with Crippen molar-refractivity contribution in [1.29, 1.82) is 0 Å². The van der Waals surface area contributed by atoms with Gasteiger partial charge in [-0.05, 0) is 36.2 Å². The number of rotatable bonds is 9. The van der Waals surface area contributed by atoms with Gasteiger partial charge in [-0.15, -0.1) is 21.5 Å². The van der Waals surface area contributed by atoms with E-state index in [1.54, 1.807) is 0 Å². The van der Waals surface area contributed by atoms with Crippen molar-refractivity contribution >= 4 is 34.1 Å². The first-order chi connectivity index (χ1) is 15.6. The second-order valence-corrected chi connectivity index (χ2v) is 8.41. The number of carbonyl (C=O) groups excluding carboxylic acids is 1. The van der Waals surface area contributed by atoms with Crippen molar-refractivity contribution in [2.24, 2.45) is 0 Å². The SMILES string of the molecule is CCc1ccc(-c2csc(NC(=O)CSc3nnc(COc4ccc(F)cc4)o3)n2)cc1. The van der Waals surface area contributed by atoms with Crippen LogP contribution in [0.15, 0.2) is 63.6 Å². The molecule has 0 fully saturated rings. The van der Waals surface area contributed by atoms with Gasteiger partial charge < -0.3 is 14.5 Å². The number of hydrogen-bond acceptors (Lipinski definition) is 8. The van der Waals surface area contributed by atoms with Gasteiger partial charge in [-0.3, -0.25) is 4.79 Å². The molecule has 164 valence electrons. The Labute approximate surface area is 192 Å². The molecule has 0 aliphatic heterocycles. The number of aromatic nitrogens is 3. The molecule has 0 aliphatic carbocycles. The first-order valence-electron chi connectivity index (χ1n) is 9.77. The molecule has 0 unspecified atom stereocenters. The van der Waals surface area contributed by atoms with E-state index in [1.807, 2.05) is 17.5 Å². The minimum atomic E-state index is -0.341. The highest BCUT2D eigenvalue weighted by molar-refractivity contribution is 7.99. The zero-order chi connectivity index (χ0) is 22.3. The van der Waals surface area contributed by atoms with E-state index >= 15 is 0 Å². The highest BCUT2D eigenvalue weighted by atomic mass is 32.2. The summed E-state index contributed by atoms with van der Waals surface area (Å²) in [5.74, 6) is 0.282. The summed E-state index contributed by atoms with van der Waals surface area (Å²) in [6.45, 7) is 2.16. The highest BCUT2D eigenvalue weighted by Gasteiger charge is 2.12. The smallest absolute Gasteiger partial charge is 0.277 e. The summed E-state index contributed by atoms with van der Waals surface area (Å²) in [6, 6.07) is 13.8. The molecular formula is C22H19FN4O3S2. The fourth-order valence-electron chi connectivity index (χ4n) is 2.69. The van der Waals surface area contributed by atoms with Crippen molar-refractivity contribution in [2.75, 3.05) is 11.1 Å². The summed E-state index contributed by atoms with van der Waals surface area (Å²) < 4.78 is 23.8. The van der Waals surface area contributed by atoms with E-state index in [4.69, 9.17) is 9.15 Å². The molecule has 7 nitrogen and oxygen atoms in total. The predicted molar refractivity (Wildman–Crippen MR) is 121 cm³/mol. The normalized spacial score (nSPS) is 10.8. The van der Waals surface area contributed by atoms with E-state index < -0.39 is 0 Å². The third kappa shape index (κ3) is 5.92. The minimum absolute atomic E-state index is 0.0481. The third-order valence-electron chi connectivity index (χ3n) is 4.36. The largest absolute Gasteiger partial charge is 0.484 e. The lowest BCUT2D eigenvalue weighted by molar-refractivity contribution is -0.113. The molecule has 0 aliphatic rings. The Balaban J connectivity index is 1.24. The van der Waals surface area contributed by atoms with Gasteiger partial charge in [-0.25, -0.2) is 9.37 Å². The fraction of sp³-hybridized carbons (Fsp3) is 0.182. The summed E-state index contributed by atoms with van der Waals surface area (Å²) >= 11 is 2.49. The van der Waals surface area contributed by atoms with Crippen molar-refractivity contribution in [3.8, 4) is 17.0 Å². The molecule has 32 heavy (non-hydrogen) atoms. The van der Waals surface area contributed by atoms with Crippen LogP contribution in [0.3, 0.4) is 0 Å². The van der Waals surface area contributed by atoms with Crippen LogP contribution in [0, 0.1) is 5.82 Å². The Hall–Kier alpha value is -3.24. The van der Waals surface area contributed by atoms with E-state index in [2.05, 4.69) is 39.6 Å². The number of nitrogens with zero attached hydrogens (tertiary/aromatic N) is 3. The summed E-state index contributed by atoms with van der Waals surface area (Å²) in [6.07, 6.45) is 0.985. The van der Waals surface area contributed by atoms with Gasteiger partial charge in [0.15, 0.2) is 11.7 Å². The molecular weight excluding hydrogens is 451 g/mol. The number of nitrogens with one attached hydrogen (secondary N) is 1. The van der Waals surface area contributed by atoms with E-state index in [1.165, 1.54) is 41.2 Å². The van der Waals surface area contributed by atoms with Gasteiger partial charge in [0.05, 0.1) is 11.4 Å². The monoisotopic (exact) mass is 470 g/mol. The molecule has 0 atom stereocenters. The van der Waals surface area contributed by atoms with E-state index in [0.717, 1.165) is 29.4 Å². The molecule has 2 heterocycles. The first kappa shape index (κ1) is 22.0. The fourth-order valence-corrected chi connectivity index (χ4v) is 4.00. The van der Waals surface area contributed by atoms with Gasteiger partial charge in [0.2, 0.25) is 5.91 Å². The molecule has 1 amide bonds. The zero-order valence-corrected chi connectivity index (χ0v) is 18.7. The van der Waals surface area contributed by atoms with Gasteiger partial charge >= 0.3 is 0 Å². The molecule has 0 saturated carbocycles. The lowest BCUT2D eigenvalue weighted by Crippen LogP contribution is -2.13. The van der Waals surface area contributed by atoms with Crippen LogP contribution >= 0.6 is 23.1 Å². The van der Waals surface area contributed by atoms with Crippen LogP contribution in [0.1, 0.15) is 18.4 Å². The highest BCUT2D eigenvalue weighted by Crippen LogP contribution is 2.26. The molecule has 10 heteroatoms. The van der Waals surface area contributed by atoms with Crippen LogP contribution in [-0.4, -0.2) is 26.8 Å². The second kappa shape index (κ2) is 10.4. The number of aryl methyl sites for hydroxylation is 1. The molecule has 1 N–H and O–H groups in total. The Morgan fingerprint density at radius 3 is 2.69 bits per heavy atom. The van der Waals surface area contributed by atoms with Gasteiger partial charge in [-0.2, -0.15) is 0 Å². The molecule has 4 rings (SSSR count). The number of halogens is 1. The quantitative estimate of drug-likeness (QED) is 0.336. The molecule has 0 bridgehead atoms. The van der Waals surface area contributed by atoms with Crippen LogP contribution in [0.2, 0.25) is 0 Å². The number of hydrogen-bond donors (Lipinski definition) is 1. The van der Waals surface area contributed by atoms with Crippen LogP contribution in [-0.2, 0) is 17.8 Å². The molecule has 2 aromatic carbocycles. The van der Waals surface area contributed by atoms with E-state index in [9.17, 15) is 9.18 Å². The Bertz CT molecular complexity index is 1180.